The third-order valence-electron chi connectivity index (χ3n) is 4.65. The van der Waals surface area contributed by atoms with Crippen molar-refractivity contribution in [1.82, 2.24) is 19.6 Å². The Morgan fingerprint density at radius 2 is 1.87 bits per heavy atom. The second-order valence-electron chi connectivity index (χ2n) is 6.95. The Morgan fingerprint density at radius 3 is 2.58 bits per heavy atom. The molecule has 0 aliphatic carbocycles. The normalized spacial score (nSPS) is 10.9. The Balaban J connectivity index is 1.75. The molecular formula is C21H17FN6O3. The third kappa shape index (κ3) is 4.08. The Kier molecular flexibility index (Phi) is 5.12. The number of benzene rings is 2. The van der Waals surface area contributed by atoms with Crippen LogP contribution in [-0.2, 0) is 6.54 Å². The van der Waals surface area contributed by atoms with E-state index >= 15 is 0 Å². The lowest BCUT2D eigenvalue weighted by Crippen LogP contribution is -2.31. The number of nitro benzene ring substituents is 1. The van der Waals surface area contributed by atoms with E-state index in [1.165, 1.54) is 53.4 Å². The van der Waals surface area contributed by atoms with Gasteiger partial charge in [-0.25, -0.2) is 13.9 Å². The van der Waals surface area contributed by atoms with Crippen molar-refractivity contribution in [2.75, 3.05) is 4.90 Å². The van der Waals surface area contributed by atoms with Gasteiger partial charge in [-0.1, -0.05) is 6.07 Å². The van der Waals surface area contributed by atoms with Gasteiger partial charge in [0, 0.05) is 34.8 Å². The van der Waals surface area contributed by atoms with Crippen LogP contribution in [0, 0.1) is 29.8 Å². The van der Waals surface area contributed by atoms with Gasteiger partial charge in [0.05, 0.1) is 11.5 Å². The molecule has 2 aromatic carbocycles. The SMILES string of the molecule is Cc1cc(C)n2nc(CN(C(=O)c3cccc([N+](=O)[O-])c3)c3ccc(F)cc3)nc2n1. The number of anilines is 1. The Labute approximate surface area is 175 Å². The molecule has 0 aliphatic rings. The molecule has 0 saturated heterocycles. The van der Waals surface area contributed by atoms with E-state index in [1.807, 2.05) is 19.9 Å². The lowest BCUT2D eigenvalue weighted by molar-refractivity contribution is -0.384. The maximum Gasteiger partial charge on any atom is 0.270 e. The van der Waals surface area contributed by atoms with Crippen LogP contribution in [0.2, 0.25) is 0 Å². The molecule has 0 radical (unpaired) electrons. The highest BCUT2D eigenvalue weighted by molar-refractivity contribution is 6.06. The van der Waals surface area contributed by atoms with E-state index in [1.54, 1.807) is 4.52 Å². The molecule has 0 fully saturated rings. The van der Waals surface area contributed by atoms with Gasteiger partial charge in [0.25, 0.3) is 17.4 Å². The molecule has 0 saturated carbocycles. The number of non-ortho nitro benzene ring substituents is 1. The molecule has 0 aliphatic heterocycles. The van der Waals surface area contributed by atoms with E-state index < -0.39 is 16.6 Å². The van der Waals surface area contributed by atoms with Crippen molar-refractivity contribution in [2.24, 2.45) is 0 Å². The first-order valence-electron chi connectivity index (χ1n) is 9.33. The average molecular weight is 420 g/mol. The molecule has 0 N–H and O–H groups in total. The molecule has 4 rings (SSSR count). The number of hydrogen-bond donors (Lipinski definition) is 0. The van der Waals surface area contributed by atoms with E-state index in [-0.39, 0.29) is 17.8 Å². The Hall–Kier alpha value is -4.21. The monoisotopic (exact) mass is 420 g/mol. The summed E-state index contributed by atoms with van der Waals surface area (Å²) in [5, 5.41) is 15.5. The van der Waals surface area contributed by atoms with Gasteiger partial charge in [0.15, 0.2) is 5.82 Å². The van der Waals surface area contributed by atoms with Gasteiger partial charge < -0.3 is 4.90 Å². The highest BCUT2D eigenvalue weighted by Gasteiger charge is 2.22. The highest BCUT2D eigenvalue weighted by Crippen LogP contribution is 2.22. The minimum absolute atomic E-state index is 0.0327. The Morgan fingerprint density at radius 1 is 1.13 bits per heavy atom. The quantitative estimate of drug-likeness (QED) is 0.360. The van der Waals surface area contributed by atoms with Gasteiger partial charge >= 0.3 is 0 Å². The fourth-order valence-corrected chi connectivity index (χ4v) is 3.23. The fourth-order valence-electron chi connectivity index (χ4n) is 3.23. The largest absolute Gasteiger partial charge is 0.301 e. The van der Waals surface area contributed by atoms with Gasteiger partial charge in [-0.05, 0) is 50.2 Å². The van der Waals surface area contributed by atoms with E-state index in [9.17, 15) is 19.3 Å². The van der Waals surface area contributed by atoms with Gasteiger partial charge in [0.2, 0.25) is 0 Å². The molecule has 2 heterocycles. The van der Waals surface area contributed by atoms with Gasteiger partial charge in [-0.2, -0.15) is 4.98 Å². The van der Waals surface area contributed by atoms with Crippen molar-refractivity contribution in [2.45, 2.75) is 20.4 Å². The number of nitrogens with zero attached hydrogens (tertiary/aromatic N) is 6. The predicted molar refractivity (Wildman–Crippen MR) is 110 cm³/mol. The van der Waals surface area contributed by atoms with Gasteiger partial charge in [-0.15, -0.1) is 5.10 Å². The second-order valence-corrected chi connectivity index (χ2v) is 6.95. The lowest BCUT2D eigenvalue weighted by atomic mass is 10.1. The standard InChI is InChI=1S/C21H17FN6O3/c1-13-10-14(2)27-21(23-13)24-19(25-27)12-26(17-8-6-16(22)7-9-17)20(29)15-4-3-5-18(11-15)28(30)31/h3-11H,12H2,1-2H3. The van der Waals surface area contributed by atoms with E-state index in [2.05, 4.69) is 15.1 Å². The van der Waals surface area contributed by atoms with Gasteiger partial charge in [0.1, 0.15) is 5.82 Å². The van der Waals surface area contributed by atoms with Gasteiger partial charge in [-0.3, -0.25) is 14.9 Å². The fraction of sp³-hybridized carbons (Fsp3) is 0.143. The summed E-state index contributed by atoms with van der Waals surface area (Å²) in [5.74, 6) is -0.235. The molecule has 0 atom stereocenters. The molecule has 0 unspecified atom stereocenters. The summed E-state index contributed by atoms with van der Waals surface area (Å²) in [7, 11) is 0. The summed E-state index contributed by atoms with van der Waals surface area (Å²) in [4.78, 5) is 33.9. The molecule has 31 heavy (non-hydrogen) atoms. The van der Waals surface area contributed by atoms with Crippen LogP contribution in [0.3, 0.4) is 0 Å². The van der Waals surface area contributed by atoms with Crippen LogP contribution < -0.4 is 4.90 Å². The van der Waals surface area contributed by atoms with Crippen molar-refractivity contribution < 1.29 is 14.1 Å². The molecule has 0 bridgehead atoms. The predicted octanol–water partition coefficient (Wildman–Crippen LogP) is 3.64. The zero-order valence-electron chi connectivity index (χ0n) is 16.7. The van der Waals surface area contributed by atoms with Crippen LogP contribution in [0.25, 0.3) is 5.78 Å². The molecule has 4 aromatic rings. The number of aryl methyl sites for hydroxylation is 2. The van der Waals surface area contributed by atoms with Crippen LogP contribution in [0.4, 0.5) is 15.8 Å². The minimum atomic E-state index is -0.570. The number of carbonyl (C=O) groups is 1. The number of nitro groups is 1. The number of aromatic nitrogens is 4. The van der Waals surface area contributed by atoms with E-state index in [0.29, 0.717) is 17.3 Å². The van der Waals surface area contributed by atoms with Crippen molar-refractivity contribution in [3.05, 3.63) is 93.3 Å². The van der Waals surface area contributed by atoms with Crippen molar-refractivity contribution in [1.29, 1.82) is 0 Å². The van der Waals surface area contributed by atoms with Crippen LogP contribution in [0.5, 0.6) is 0 Å². The first kappa shape index (κ1) is 20.1. The smallest absolute Gasteiger partial charge is 0.270 e. The lowest BCUT2D eigenvalue weighted by Gasteiger charge is -2.21. The van der Waals surface area contributed by atoms with E-state index in [0.717, 1.165) is 11.4 Å². The second kappa shape index (κ2) is 7.90. The molecule has 2 aromatic heterocycles. The summed E-state index contributed by atoms with van der Waals surface area (Å²) in [6.45, 7) is 3.68. The minimum Gasteiger partial charge on any atom is -0.301 e. The maximum atomic E-state index is 13.4. The zero-order chi connectivity index (χ0) is 22.1. The maximum absolute atomic E-state index is 13.4. The first-order chi connectivity index (χ1) is 14.8. The summed E-state index contributed by atoms with van der Waals surface area (Å²) >= 11 is 0. The molecule has 1 amide bonds. The van der Waals surface area contributed by atoms with Crippen LogP contribution in [-0.4, -0.2) is 30.4 Å². The number of fused-ring (bicyclic) bond motifs is 1. The topological polar surface area (TPSA) is 107 Å². The van der Waals surface area contributed by atoms with Crippen LogP contribution in [0.1, 0.15) is 27.6 Å². The summed E-state index contributed by atoms with van der Waals surface area (Å²) in [6, 6.07) is 12.7. The number of carbonyl (C=O) groups excluding carboxylic acids is 1. The van der Waals surface area contributed by atoms with E-state index in [4.69, 9.17) is 0 Å². The zero-order valence-corrected chi connectivity index (χ0v) is 16.7. The van der Waals surface area contributed by atoms with Crippen molar-refractivity contribution in [3.63, 3.8) is 0 Å². The van der Waals surface area contributed by atoms with Crippen LogP contribution >= 0.6 is 0 Å². The molecular weight excluding hydrogens is 403 g/mol. The number of hydrogen-bond acceptors (Lipinski definition) is 6. The number of rotatable bonds is 5. The Bertz CT molecular complexity index is 1300. The summed E-state index contributed by atoms with van der Waals surface area (Å²) < 4.78 is 15.0. The number of halogens is 1. The van der Waals surface area contributed by atoms with Crippen molar-refractivity contribution >= 4 is 23.1 Å². The first-order valence-corrected chi connectivity index (χ1v) is 9.33. The summed E-state index contributed by atoms with van der Waals surface area (Å²) in [6.07, 6.45) is 0. The highest BCUT2D eigenvalue weighted by atomic mass is 19.1. The molecule has 0 spiro atoms. The molecule has 9 nitrogen and oxygen atoms in total. The van der Waals surface area contributed by atoms with Crippen molar-refractivity contribution in [3.8, 4) is 0 Å². The number of amides is 1. The van der Waals surface area contributed by atoms with Crippen LogP contribution in [0.15, 0.2) is 54.6 Å². The molecule has 156 valence electrons. The third-order valence-corrected chi connectivity index (χ3v) is 4.65. The molecule has 10 heteroatoms. The summed E-state index contributed by atoms with van der Waals surface area (Å²) in [5.41, 5.74) is 1.93. The average Bonchev–Trinajstić information content (AvgIpc) is 3.15.